The molecule has 0 saturated heterocycles. The van der Waals surface area contributed by atoms with E-state index in [1.54, 1.807) is 0 Å². The maximum absolute atomic E-state index is 7.15. The molecule has 0 spiro atoms. The predicted octanol–water partition coefficient (Wildman–Crippen LogP) is 9.34. The van der Waals surface area contributed by atoms with Crippen LogP contribution in [0.4, 0.5) is 0 Å². The van der Waals surface area contributed by atoms with E-state index in [0.717, 1.165) is 112 Å². The number of hydrogen-bond donors (Lipinski definition) is 0. The molecule has 6 nitrogen and oxygen atoms in total. The molecule has 0 saturated carbocycles. The van der Waals surface area contributed by atoms with E-state index < -0.39 is 0 Å². The van der Waals surface area contributed by atoms with Gasteiger partial charge in [-0.2, -0.15) is 0 Å². The highest BCUT2D eigenvalue weighted by molar-refractivity contribution is 7.00. The van der Waals surface area contributed by atoms with Crippen molar-refractivity contribution in [1.82, 2.24) is 9.13 Å². The SMILES string of the molecule is c1ccc2c(c1)Oc1cc(-n3c4ccccc4c4ccccc43)cc3c1B2c1cc2c(cc1O3)B1c3ccccc3Oc3cc(-n4c5ccccc5c5ccccc54)cc(c31)O2. The molecule has 0 atom stereocenters. The van der Waals surface area contributed by atoms with Crippen molar-refractivity contribution in [3.8, 4) is 57.4 Å². The highest BCUT2D eigenvalue weighted by Gasteiger charge is 2.45. The monoisotopic (exact) mass is 792 g/mol. The number of nitrogens with zero attached hydrogens (tertiary/aromatic N) is 2. The van der Waals surface area contributed by atoms with Gasteiger partial charge in [0.15, 0.2) is 0 Å². The first kappa shape index (κ1) is 32.7. The smallest absolute Gasteiger partial charge is 0.260 e. The summed E-state index contributed by atoms with van der Waals surface area (Å²) in [5, 5.41) is 4.82. The minimum absolute atomic E-state index is 0.141. The molecule has 0 bridgehead atoms. The topological polar surface area (TPSA) is 46.8 Å². The summed E-state index contributed by atoms with van der Waals surface area (Å²) < 4.78 is 32.6. The molecule has 62 heavy (non-hydrogen) atoms. The van der Waals surface area contributed by atoms with E-state index in [-0.39, 0.29) is 13.4 Å². The summed E-state index contributed by atoms with van der Waals surface area (Å²) in [5.41, 5.74) is 12.8. The lowest BCUT2D eigenvalue weighted by Crippen LogP contribution is -2.60. The minimum atomic E-state index is -0.141. The fourth-order valence-corrected chi connectivity index (χ4v) is 11.0. The zero-order valence-electron chi connectivity index (χ0n) is 33.0. The van der Waals surface area contributed by atoms with E-state index in [1.165, 1.54) is 21.5 Å². The Morgan fingerprint density at radius 3 is 0.952 bits per heavy atom. The van der Waals surface area contributed by atoms with Gasteiger partial charge in [0.1, 0.15) is 46.0 Å². The first-order valence-corrected chi connectivity index (χ1v) is 21.1. The van der Waals surface area contributed by atoms with Crippen molar-refractivity contribution in [1.29, 1.82) is 0 Å². The molecule has 0 amide bonds. The maximum Gasteiger partial charge on any atom is 0.260 e. The molecule has 8 heteroatoms. The van der Waals surface area contributed by atoms with Crippen LogP contribution in [0.1, 0.15) is 0 Å². The molecular weight excluding hydrogens is 762 g/mol. The van der Waals surface area contributed by atoms with E-state index in [9.17, 15) is 0 Å². The van der Waals surface area contributed by atoms with Crippen LogP contribution in [0.25, 0.3) is 55.0 Å². The molecule has 0 fully saturated rings. The van der Waals surface area contributed by atoms with E-state index in [0.29, 0.717) is 0 Å². The molecule has 0 N–H and O–H groups in total. The first-order chi connectivity index (χ1) is 30.7. The van der Waals surface area contributed by atoms with Crippen molar-refractivity contribution in [2.24, 2.45) is 0 Å². The molecule has 15 rings (SSSR count). The average Bonchev–Trinajstić information content (AvgIpc) is 3.84. The Kier molecular flexibility index (Phi) is 6.23. The van der Waals surface area contributed by atoms with Gasteiger partial charge in [-0.15, -0.1) is 0 Å². The van der Waals surface area contributed by atoms with Crippen LogP contribution in [-0.4, -0.2) is 22.6 Å². The summed E-state index contributed by atoms with van der Waals surface area (Å²) in [6, 6.07) is 64.3. The third-order valence-electron chi connectivity index (χ3n) is 13.5. The zero-order chi connectivity index (χ0) is 40.2. The number of benzene rings is 9. The third-order valence-corrected chi connectivity index (χ3v) is 13.5. The van der Waals surface area contributed by atoms with E-state index in [1.807, 2.05) is 12.1 Å². The van der Waals surface area contributed by atoms with Gasteiger partial charge in [-0.25, -0.2) is 0 Å². The van der Waals surface area contributed by atoms with Crippen LogP contribution in [0.15, 0.2) is 182 Å². The Labute approximate surface area is 355 Å². The first-order valence-electron chi connectivity index (χ1n) is 21.1. The van der Waals surface area contributed by atoms with Crippen LogP contribution in [0, 0.1) is 0 Å². The second-order valence-corrected chi connectivity index (χ2v) is 16.7. The highest BCUT2D eigenvalue weighted by Crippen LogP contribution is 2.43. The molecule has 4 aliphatic rings. The van der Waals surface area contributed by atoms with Crippen molar-refractivity contribution < 1.29 is 18.9 Å². The van der Waals surface area contributed by atoms with Gasteiger partial charge in [0, 0.05) is 56.7 Å². The molecule has 4 aliphatic heterocycles. The van der Waals surface area contributed by atoms with Crippen molar-refractivity contribution >= 4 is 89.8 Å². The van der Waals surface area contributed by atoms with Crippen LogP contribution in [0.2, 0.25) is 0 Å². The molecule has 11 aromatic rings. The molecule has 6 heterocycles. The van der Waals surface area contributed by atoms with E-state index in [2.05, 4.69) is 179 Å². The van der Waals surface area contributed by atoms with Crippen LogP contribution in [-0.2, 0) is 0 Å². The number of ether oxygens (including phenoxy) is 4. The zero-order valence-corrected chi connectivity index (χ0v) is 33.0. The minimum Gasteiger partial charge on any atom is -0.458 e. The van der Waals surface area contributed by atoms with Gasteiger partial charge < -0.3 is 28.1 Å². The fraction of sp³-hybridized carbons (Fsp3) is 0. The Balaban J connectivity index is 0.948. The van der Waals surface area contributed by atoms with Gasteiger partial charge in [-0.05, 0) is 70.4 Å². The van der Waals surface area contributed by atoms with Crippen molar-refractivity contribution in [2.75, 3.05) is 0 Å². The molecule has 0 radical (unpaired) electrons. The number of aromatic nitrogens is 2. The number of para-hydroxylation sites is 6. The summed E-state index contributed by atoms with van der Waals surface area (Å²) in [6.07, 6.45) is 0. The van der Waals surface area contributed by atoms with Crippen LogP contribution < -0.4 is 51.7 Å². The maximum atomic E-state index is 7.15. The van der Waals surface area contributed by atoms with Crippen molar-refractivity contribution in [3.63, 3.8) is 0 Å². The standard InChI is InChI=1S/C54H30B2N2O4/c1-7-19-41-33(13-1)34-14-2-8-20-42(34)57(41)31-25-49-53-51(27-31)61-47-29-40-48(30-39(47)55(53)37-17-5-11-23-45(37)59-49)62-52-28-32(26-50-54(52)56(40)38-18-6-12-24-46(38)60-50)58-43-21-9-3-15-35(43)36-16-4-10-22-44(36)58/h1-30H. The predicted molar refractivity (Wildman–Crippen MR) is 250 cm³/mol. The van der Waals surface area contributed by atoms with Gasteiger partial charge in [0.2, 0.25) is 0 Å². The molecule has 9 aromatic carbocycles. The van der Waals surface area contributed by atoms with Crippen LogP contribution in [0.5, 0.6) is 46.0 Å². The lowest BCUT2D eigenvalue weighted by atomic mass is 9.32. The number of rotatable bonds is 2. The summed E-state index contributed by atoms with van der Waals surface area (Å²) in [6.45, 7) is -0.282. The van der Waals surface area contributed by atoms with Gasteiger partial charge in [-0.3, -0.25) is 0 Å². The van der Waals surface area contributed by atoms with Gasteiger partial charge >= 0.3 is 0 Å². The lowest BCUT2D eigenvalue weighted by Gasteiger charge is -2.37. The molecule has 0 aliphatic carbocycles. The van der Waals surface area contributed by atoms with E-state index >= 15 is 0 Å². The van der Waals surface area contributed by atoms with Gasteiger partial charge in [-0.1, -0.05) is 109 Å². The summed E-state index contributed by atoms with van der Waals surface area (Å²) in [5.74, 6) is 6.44. The molecule has 2 aromatic heterocycles. The molecule has 0 unspecified atom stereocenters. The number of hydrogen-bond acceptors (Lipinski definition) is 4. The van der Waals surface area contributed by atoms with Gasteiger partial charge in [0.25, 0.3) is 13.4 Å². The second kappa shape index (κ2) is 11.8. The van der Waals surface area contributed by atoms with Gasteiger partial charge in [0.05, 0.1) is 33.4 Å². The third kappa shape index (κ3) is 4.25. The summed E-state index contributed by atoms with van der Waals surface area (Å²) in [4.78, 5) is 0. The number of fused-ring (bicyclic) bond motifs is 14. The van der Waals surface area contributed by atoms with Crippen LogP contribution in [0.3, 0.4) is 0 Å². The van der Waals surface area contributed by atoms with Crippen LogP contribution >= 0.6 is 0 Å². The average molecular weight is 792 g/mol. The molecular formula is C54H30B2N2O4. The van der Waals surface area contributed by atoms with E-state index in [4.69, 9.17) is 18.9 Å². The van der Waals surface area contributed by atoms with Crippen molar-refractivity contribution in [3.05, 3.63) is 182 Å². The van der Waals surface area contributed by atoms with Crippen molar-refractivity contribution in [2.45, 2.75) is 0 Å². The quantitative estimate of drug-likeness (QED) is 0.164. The highest BCUT2D eigenvalue weighted by atomic mass is 16.5. The second-order valence-electron chi connectivity index (χ2n) is 16.7. The Bertz CT molecular complexity index is 3460. The largest absolute Gasteiger partial charge is 0.458 e. The Morgan fingerprint density at radius 2 is 0.581 bits per heavy atom. The molecule has 286 valence electrons. The lowest BCUT2D eigenvalue weighted by molar-refractivity contribution is 0.457. The Morgan fingerprint density at radius 1 is 0.274 bits per heavy atom. The summed E-state index contributed by atoms with van der Waals surface area (Å²) in [7, 11) is 0. The fourth-order valence-electron chi connectivity index (χ4n) is 11.0. The Hall–Kier alpha value is -8.09. The normalized spacial score (nSPS) is 13.6. The summed E-state index contributed by atoms with van der Waals surface area (Å²) >= 11 is 0.